The molecule has 4 aromatic rings. The van der Waals surface area contributed by atoms with E-state index in [1.54, 1.807) is 6.20 Å². The Morgan fingerprint density at radius 1 is 1.18 bits per heavy atom. The summed E-state index contributed by atoms with van der Waals surface area (Å²) in [5.41, 5.74) is 11.2. The standard InChI is InChI=1S/C25H27N7S.C2HF3O2/c1-31(17-24-29-16-20(14-26)30-24)11-10-19-15-28-23-8-7-21(13-22(19)23)32(25(27)33)12-9-18-5-3-2-4-6-18;3-2(4,5)1(6)7/h2-8,13,15-16,28H,9-12,17H2,1H3,(H2,27,33)(H,29,30);(H,6,7). The predicted molar refractivity (Wildman–Crippen MR) is 150 cm³/mol. The summed E-state index contributed by atoms with van der Waals surface area (Å²) in [5.74, 6) is -1.96. The molecular formula is C27H28F3N7O2S. The lowest BCUT2D eigenvalue weighted by Gasteiger charge is -2.23. The van der Waals surface area contributed by atoms with E-state index >= 15 is 0 Å². The SMILES string of the molecule is CN(CCc1c[nH]c2ccc(N(CCc3ccccc3)C(N)=S)cc12)Cc1ncc(C#N)[nH]1.O=C(O)C(F)(F)F. The molecule has 4 rings (SSSR count). The van der Waals surface area contributed by atoms with Crippen LogP contribution in [0.15, 0.2) is 60.9 Å². The zero-order valence-electron chi connectivity index (χ0n) is 21.6. The number of rotatable bonds is 9. The van der Waals surface area contributed by atoms with Crippen molar-refractivity contribution in [2.45, 2.75) is 25.6 Å². The van der Waals surface area contributed by atoms with Gasteiger partial charge in [-0.25, -0.2) is 9.78 Å². The van der Waals surface area contributed by atoms with Gasteiger partial charge in [-0.05, 0) is 61.4 Å². The highest BCUT2D eigenvalue weighted by Gasteiger charge is 2.38. The van der Waals surface area contributed by atoms with Gasteiger partial charge in [0.25, 0.3) is 0 Å². The molecule has 2 heterocycles. The molecule has 2 aromatic carbocycles. The number of hydrogen-bond acceptors (Lipinski definition) is 5. The van der Waals surface area contributed by atoms with Crippen molar-refractivity contribution in [2.75, 3.05) is 25.0 Å². The molecule has 0 fully saturated rings. The Hall–Kier alpha value is -4.41. The Balaban J connectivity index is 0.000000559. The first-order chi connectivity index (χ1) is 19.0. The zero-order valence-corrected chi connectivity index (χ0v) is 22.4. The van der Waals surface area contributed by atoms with E-state index < -0.39 is 12.1 Å². The largest absolute Gasteiger partial charge is 0.490 e. The first-order valence-electron chi connectivity index (χ1n) is 12.1. The fourth-order valence-electron chi connectivity index (χ4n) is 3.94. The number of carbonyl (C=O) groups is 1. The molecule has 9 nitrogen and oxygen atoms in total. The smallest absolute Gasteiger partial charge is 0.475 e. The number of likely N-dealkylation sites (N-methyl/N-ethyl adjacent to an activating group) is 1. The lowest BCUT2D eigenvalue weighted by Crippen LogP contribution is -2.37. The van der Waals surface area contributed by atoms with Crippen molar-refractivity contribution < 1.29 is 23.1 Å². The van der Waals surface area contributed by atoms with E-state index in [1.165, 1.54) is 16.5 Å². The molecule has 0 amide bonds. The van der Waals surface area contributed by atoms with Gasteiger partial charge in [-0.2, -0.15) is 18.4 Å². The number of H-pyrrole nitrogens is 2. The van der Waals surface area contributed by atoms with Gasteiger partial charge in [-0.3, -0.25) is 4.90 Å². The quantitative estimate of drug-likeness (QED) is 0.218. The molecule has 5 N–H and O–H groups in total. The number of nitriles is 1. The Kier molecular flexibility index (Phi) is 10.2. The molecular weight excluding hydrogens is 543 g/mol. The summed E-state index contributed by atoms with van der Waals surface area (Å²) in [7, 11) is 2.05. The molecule has 210 valence electrons. The fourth-order valence-corrected chi connectivity index (χ4v) is 4.14. The van der Waals surface area contributed by atoms with Crippen LogP contribution in [0.25, 0.3) is 10.9 Å². The number of anilines is 1. The topological polar surface area (TPSA) is 138 Å². The van der Waals surface area contributed by atoms with Crippen LogP contribution < -0.4 is 10.6 Å². The van der Waals surface area contributed by atoms with Crippen LogP contribution in [0.3, 0.4) is 0 Å². The summed E-state index contributed by atoms with van der Waals surface area (Å²) in [6, 6.07) is 18.7. The summed E-state index contributed by atoms with van der Waals surface area (Å²) < 4.78 is 31.7. The van der Waals surface area contributed by atoms with E-state index in [-0.39, 0.29) is 0 Å². The summed E-state index contributed by atoms with van der Waals surface area (Å²) >= 11 is 5.37. The summed E-state index contributed by atoms with van der Waals surface area (Å²) in [4.78, 5) is 23.7. The number of benzene rings is 2. The van der Waals surface area contributed by atoms with Crippen LogP contribution in [-0.4, -0.2) is 62.4 Å². The highest BCUT2D eigenvalue weighted by molar-refractivity contribution is 7.80. The van der Waals surface area contributed by atoms with Gasteiger partial charge in [0, 0.05) is 35.9 Å². The number of nitrogens with two attached hydrogens (primary N) is 1. The minimum atomic E-state index is -5.08. The summed E-state index contributed by atoms with van der Waals surface area (Å²) in [6.45, 7) is 2.23. The number of thiocarbonyl (C=S) groups is 1. The van der Waals surface area contributed by atoms with E-state index in [0.717, 1.165) is 43.0 Å². The third-order valence-electron chi connectivity index (χ3n) is 5.97. The maximum atomic E-state index is 10.6. The van der Waals surface area contributed by atoms with Gasteiger partial charge in [0.2, 0.25) is 0 Å². The van der Waals surface area contributed by atoms with Crippen LogP contribution in [0.4, 0.5) is 18.9 Å². The molecule has 0 saturated heterocycles. The van der Waals surface area contributed by atoms with Gasteiger partial charge in [0.1, 0.15) is 17.6 Å². The minimum absolute atomic E-state index is 0.372. The number of carboxylic acid groups (broad SMARTS) is 1. The van der Waals surface area contributed by atoms with Crippen molar-refractivity contribution in [3.8, 4) is 6.07 Å². The number of carboxylic acids is 1. The minimum Gasteiger partial charge on any atom is -0.475 e. The number of aromatic amines is 2. The number of aromatic nitrogens is 3. The van der Waals surface area contributed by atoms with Crippen LogP contribution in [0.2, 0.25) is 0 Å². The maximum absolute atomic E-state index is 10.6. The molecule has 0 radical (unpaired) electrons. The number of nitrogens with one attached hydrogen (secondary N) is 2. The van der Waals surface area contributed by atoms with Crippen LogP contribution in [0, 0.1) is 11.3 Å². The van der Waals surface area contributed by atoms with Gasteiger partial charge in [-0.15, -0.1) is 0 Å². The van der Waals surface area contributed by atoms with Crippen molar-refractivity contribution >= 4 is 39.9 Å². The molecule has 40 heavy (non-hydrogen) atoms. The van der Waals surface area contributed by atoms with Crippen LogP contribution in [-0.2, 0) is 24.2 Å². The molecule has 0 saturated carbocycles. The average molecular weight is 572 g/mol. The first-order valence-corrected chi connectivity index (χ1v) is 12.5. The second kappa shape index (κ2) is 13.6. The van der Waals surface area contributed by atoms with Crippen LogP contribution >= 0.6 is 12.2 Å². The maximum Gasteiger partial charge on any atom is 0.490 e. The fraction of sp³-hybridized carbons (Fsp3) is 0.259. The first kappa shape index (κ1) is 30.1. The Morgan fingerprint density at radius 3 is 2.48 bits per heavy atom. The van der Waals surface area contributed by atoms with Gasteiger partial charge in [0.05, 0.1) is 12.7 Å². The normalized spacial score (nSPS) is 11.1. The third-order valence-corrected chi connectivity index (χ3v) is 6.19. The number of imidazole rings is 1. The highest BCUT2D eigenvalue weighted by atomic mass is 32.1. The third kappa shape index (κ3) is 8.55. The molecule has 0 aliphatic heterocycles. The molecule has 0 spiro atoms. The van der Waals surface area contributed by atoms with E-state index in [1.807, 2.05) is 30.1 Å². The Labute approximate surface area is 234 Å². The summed E-state index contributed by atoms with van der Waals surface area (Å²) in [6.07, 6.45) is 0.290. The molecule has 0 unspecified atom stereocenters. The van der Waals surface area contributed by atoms with Crippen molar-refractivity contribution in [3.05, 3.63) is 83.6 Å². The second-order valence-electron chi connectivity index (χ2n) is 8.92. The number of alkyl halides is 3. The van der Waals surface area contributed by atoms with Crippen LogP contribution in [0.1, 0.15) is 22.6 Å². The number of nitrogens with zero attached hydrogens (tertiary/aromatic N) is 4. The van der Waals surface area contributed by atoms with Crippen molar-refractivity contribution in [2.24, 2.45) is 5.73 Å². The van der Waals surface area contributed by atoms with Crippen molar-refractivity contribution in [1.82, 2.24) is 19.9 Å². The van der Waals surface area contributed by atoms with Crippen molar-refractivity contribution in [3.63, 3.8) is 0 Å². The predicted octanol–water partition coefficient (Wildman–Crippen LogP) is 4.36. The molecule has 0 aliphatic rings. The lowest BCUT2D eigenvalue weighted by atomic mass is 10.1. The molecule has 0 atom stereocenters. The number of fused-ring (bicyclic) bond motifs is 1. The lowest BCUT2D eigenvalue weighted by molar-refractivity contribution is -0.192. The number of halogens is 3. The van der Waals surface area contributed by atoms with Gasteiger partial charge in [-0.1, -0.05) is 30.3 Å². The van der Waals surface area contributed by atoms with Gasteiger partial charge in [0.15, 0.2) is 5.11 Å². The van der Waals surface area contributed by atoms with Crippen LogP contribution in [0.5, 0.6) is 0 Å². The molecule has 13 heteroatoms. The van der Waals surface area contributed by atoms with Gasteiger partial charge >= 0.3 is 12.1 Å². The Bertz CT molecular complexity index is 1480. The Morgan fingerprint density at radius 2 is 1.88 bits per heavy atom. The van der Waals surface area contributed by atoms with E-state index in [2.05, 4.69) is 62.4 Å². The second-order valence-corrected chi connectivity index (χ2v) is 9.33. The summed E-state index contributed by atoms with van der Waals surface area (Å²) in [5, 5.41) is 17.6. The number of hydrogen-bond donors (Lipinski definition) is 4. The molecule has 0 bridgehead atoms. The van der Waals surface area contributed by atoms with E-state index in [4.69, 9.17) is 33.1 Å². The number of aliphatic carboxylic acids is 1. The monoisotopic (exact) mass is 571 g/mol. The van der Waals surface area contributed by atoms with Crippen molar-refractivity contribution in [1.29, 1.82) is 5.26 Å². The van der Waals surface area contributed by atoms with Gasteiger partial charge < -0.3 is 25.7 Å². The van der Waals surface area contributed by atoms with E-state index in [9.17, 15) is 13.2 Å². The zero-order chi connectivity index (χ0) is 29.3. The molecule has 2 aromatic heterocycles. The molecule has 0 aliphatic carbocycles. The van der Waals surface area contributed by atoms with E-state index in [0.29, 0.717) is 17.4 Å². The highest BCUT2D eigenvalue weighted by Crippen LogP contribution is 2.26. The average Bonchev–Trinajstić information content (AvgIpc) is 3.54.